The Morgan fingerprint density at radius 1 is 1.58 bits per heavy atom. The molecule has 0 radical (unpaired) electrons. The van der Waals surface area contributed by atoms with Crippen molar-refractivity contribution >= 4 is 12.0 Å². The molecule has 19 heavy (non-hydrogen) atoms. The van der Waals surface area contributed by atoms with Crippen LogP contribution in [0.2, 0.25) is 0 Å². The van der Waals surface area contributed by atoms with Crippen molar-refractivity contribution in [3.8, 4) is 0 Å². The standard InChI is InChI=1S/C12H18N4O3/c1-15-8-9(6-14-15)11(17)13-7-10-4-3-5-16(10)12(18)19-2/h6,8,10H,3-5,7H2,1-2H3,(H,13,17). The van der Waals surface area contributed by atoms with E-state index in [0.717, 1.165) is 12.8 Å². The Morgan fingerprint density at radius 3 is 3.00 bits per heavy atom. The molecular weight excluding hydrogens is 248 g/mol. The molecule has 0 bridgehead atoms. The zero-order valence-electron chi connectivity index (χ0n) is 11.1. The highest BCUT2D eigenvalue weighted by atomic mass is 16.5. The van der Waals surface area contributed by atoms with Gasteiger partial charge in [-0.25, -0.2) is 4.79 Å². The number of amides is 2. The molecule has 1 aliphatic heterocycles. The quantitative estimate of drug-likeness (QED) is 0.858. The van der Waals surface area contributed by atoms with Gasteiger partial charge in [0, 0.05) is 26.3 Å². The number of hydrogen-bond donors (Lipinski definition) is 1. The van der Waals surface area contributed by atoms with Crippen molar-refractivity contribution in [2.24, 2.45) is 7.05 Å². The lowest BCUT2D eigenvalue weighted by atomic mass is 10.2. The van der Waals surface area contributed by atoms with Crippen LogP contribution in [0.3, 0.4) is 0 Å². The molecule has 1 aromatic rings. The number of carbonyl (C=O) groups is 2. The van der Waals surface area contributed by atoms with Crippen molar-refractivity contribution in [3.63, 3.8) is 0 Å². The summed E-state index contributed by atoms with van der Waals surface area (Å²) in [5.74, 6) is -0.176. The fraction of sp³-hybridized carbons (Fsp3) is 0.583. The Labute approximate surface area is 111 Å². The summed E-state index contributed by atoms with van der Waals surface area (Å²) in [6, 6.07) is 0.00747. The minimum Gasteiger partial charge on any atom is -0.453 e. The predicted molar refractivity (Wildman–Crippen MR) is 67.7 cm³/mol. The summed E-state index contributed by atoms with van der Waals surface area (Å²) in [7, 11) is 3.12. The number of hydrogen-bond acceptors (Lipinski definition) is 4. The first kappa shape index (κ1) is 13.4. The van der Waals surface area contributed by atoms with Crippen LogP contribution in [0.4, 0.5) is 4.79 Å². The Hall–Kier alpha value is -2.05. The second-order valence-corrected chi connectivity index (χ2v) is 4.57. The average molecular weight is 266 g/mol. The third kappa shape index (κ3) is 3.04. The Kier molecular flexibility index (Phi) is 4.03. The van der Waals surface area contributed by atoms with Gasteiger partial charge < -0.3 is 15.0 Å². The van der Waals surface area contributed by atoms with E-state index in [2.05, 4.69) is 10.4 Å². The van der Waals surface area contributed by atoms with Crippen LogP contribution in [0.15, 0.2) is 12.4 Å². The topological polar surface area (TPSA) is 76.5 Å². The molecule has 1 aliphatic rings. The molecule has 0 aromatic carbocycles. The molecule has 0 aliphatic carbocycles. The van der Waals surface area contributed by atoms with E-state index in [1.165, 1.54) is 13.3 Å². The summed E-state index contributed by atoms with van der Waals surface area (Å²) in [5.41, 5.74) is 0.519. The third-order valence-corrected chi connectivity index (χ3v) is 3.25. The maximum atomic E-state index is 11.9. The molecule has 0 saturated carbocycles. The molecule has 2 heterocycles. The van der Waals surface area contributed by atoms with Gasteiger partial charge in [0.25, 0.3) is 5.91 Å². The molecule has 7 nitrogen and oxygen atoms in total. The first-order valence-corrected chi connectivity index (χ1v) is 6.23. The number of rotatable bonds is 3. The highest BCUT2D eigenvalue weighted by Crippen LogP contribution is 2.17. The molecule has 1 saturated heterocycles. The monoisotopic (exact) mass is 266 g/mol. The van der Waals surface area contributed by atoms with Gasteiger partial charge in [-0.05, 0) is 12.8 Å². The molecule has 1 atom stereocenters. The minimum absolute atomic E-state index is 0.00747. The Balaban J connectivity index is 1.88. The molecule has 1 N–H and O–H groups in total. The van der Waals surface area contributed by atoms with Crippen LogP contribution in [-0.4, -0.2) is 52.9 Å². The normalized spacial score (nSPS) is 18.4. The maximum absolute atomic E-state index is 11.9. The number of ether oxygens (including phenoxy) is 1. The first-order chi connectivity index (χ1) is 9.11. The highest BCUT2D eigenvalue weighted by Gasteiger charge is 2.29. The molecule has 1 unspecified atom stereocenters. The van der Waals surface area contributed by atoms with E-state index >= 15 is 0 Å². The summed E-state index contributed by atoms with van der Waals surface area (Å²) in [5, 5.41) is 6.77. The van der Waals surface area contributed by atoms with Crippen LogP contribution in [0, 0.1) is 0 Å². The van der Waals surface area contributed by atoms with E-state index in [0.29, 0.717) is 18.7 Å². The van der Waals surface area contributed by atoms with Crippen LogP contribution in [-0.2, 0) is 11.8 Å². The summed E-state index contributed by atoms with van der Waals surface area (Å²) >= 11 is 0. The van der Waals surface area contributed by atoms with Gasteiger partial charge in [0.15, 0.2) is 0 Å². The molecule has 7 heteroatoms. The van der Waals surface area contributed by atoms with E-state index in [9.17, 15) is 9.59 Å². The Morgan fingerprint density at radius 2 is 2.37 bits per heavy atom. The third-order valence-electron chi connectivity index (χ3n) is 3.25. The van der Waals surface area contributed by atoms with Crippen LogP contribution in [0.25, 0.3) is 0 Å². The SMILES string of the molecule is COC(=O)N1CCCC1CNC(=O)c1cnn(C)c1. The van der Waals surface area contributed by atoms with Gasteiger partial charge in [-0.1, -0.05) is 0 Å². The van der Waals surface area contributed by atoms with Gasteiger partial charge in [0.2, 0.25) is 0 Å². The second kappa shape index (κ2) is 5.73. The highest BCUT2D eigenvalue weighted by molar-refractivity contribution is 5.93. The van der Waals surface area contributed by atoms with Gasteiger partial charge >= 0.3 is 6.09 Å². The van der Waals surface area contributed by atoms with Crippen molar-refractivity contribution in [2.75, 3.05) is 20.2 Å². The average Bonchev–Trinajstić information content (AvgIpc) is 3.03. The van der Waals surface area contributed by atoms with Gasteiger partial charge in [-0.2, -0.15) is 5.10 Å². The Bertz CT molecular complexity index is 471. The van der Waals surface area contributed by atoms with Crippen LogP contribution < -0.4 is 5.32 Å². The van der Waals surface area contributed by atoms with Crippen molar-refractivity contribution in [1.29, 1.82) is 0 Å². The van der Waals surface area contributed by atoms with E-state index < -0.39 is 0 Å². The van der Waals surface area contributed by atoms with Crippen molar-refractivity contribution in [3.05, 3.63) is 18.0 Å². The number of nitrogens with zero attached hydrogens (tertiary/aromatic N) is 3. The van der Waals surface area contributed by atoms with Gasteiger partial charge in [-0.15, -0.1) is 0 Å². The molecule has 0 spiro atoms. The molecule has 1 aromatic heterocycles. The molecule has 104 valence electrons. The molecule has 1 fully saturated rings. The van der Waals surface area contributed by atoms with Gasteiger partial charge in [0.05, 0.1) is 24.9 Å². The lowest BCUT2D eigenvalue weighted by molar-refractivity contribution is 0.0924. The van der Waals surface area contributed by atoms with E-state index in [1.807, 2.05) is 0 Å². The van der Waals surface area contributed by atoms with E-state index in [1.54, 1.807) is 22.8 Å². The minimum atomic E-state index is -0.335. The summed E-state index contributed by atoms with van der Waals surface area (Å²) in [4.78, 5) is 25.0. The van der Waals surface area contributed by atoms with Crippen molar-refractivity contribution < 1.29 is 14.3 Å². The second-order valence-electron chi connectivity index (χ2n) is 4.57. The summed E-state index contributed by atoms with van der Waals surface area (Å²) in [6.45, 7) is 1.11. The van der Waals surface area contributed by atoms with Crippen molar-refractivity contribution in [1.82, 2.24) is 20.0 Å². The molecular formula is C12H18N4O3. The summed E-state index contributed by atoms with van der Waals surface area (Å²) < 4.78 is 6.29. The number of aryl methyl sites for hydroxylation is 1. The largest absolute Gasteiger partial charge is 0.453 e. The number of likely N-dealkylation sites (tertiary alicyclic amines) is 1. The summed E-state index contributed by atoms with van der Waals surface area (Å²) in [6.07, 6.45) is 4.65. The lowest BCUT2D eigenvalue weighted by Crippen LogP contribution is -2.43. The van der Waals surface area contributed by atoms with Crippen LogP contribution in [0.1, 0.15) is 23.2 Å². The zero-order valence-corrected chi connectivity index (χ0v) is 11.1. The lowest BCUT2D eigenvalue weighted by Gasteiger charge is -2.23. The number of carbonyl (C=O) groups excluding carboxylic acids is 2. The zero-order chi connectivity index (χ0) is 13.8. The van der Waals surface area contributed by atoms with Gasteiger partial charge in [0.1, 0.15) is 0 Å². The van der Waals surface area contributed by atoms with E-state index in [-0.39, 0.29) is 18.0 Å². The molecule has 2 amide bonds. The van der Waals surface area contributed by atoms with Crippen LogP contribution in [0.5, 0.6) is 0 Å². The fourth-order valence-electron chi connectivity index (χ4n) is 2.26. The molecule has 2 rings (SSSR count). The fourth-order valence-corrected chi connectivity index (χ4v) is 2.26. The van der Waals surface area contributed by atoms with Crippen molar-refractivity contribution in [2.45, 2.75) is 18.9 Å². The van der Waals surface area contributed by atoms with E-state index in [4.69, 9.17) is 4.74 Å². The van der Waals surface area contributed by atoms with Crippen LogP contribution >= 0.6 is 0 Å². The first-order valence-electron chi connectivity index (χ1n) is 6.23. The predicted octanol–water partition coefficient (Wildman–Crippen LogP) is 0.381. The number of nitrogens with one attached hydrogen (secondary N) is 1. The smallest absolute Gasteiger partial charge is 0.409 e. The number of aromatic nitrogens is 2. The number of methoxy groups -OCH3 is 1. The maximum Gasteiger partial charge on any atom is 0.409 e. The van der Waals surface area contributed by atoms with Gasteiger partial charge in [-0.3, -0.25) is 9.48 Å².